The van der Waals surface area contributed by atoms with Crippen molar-refractivity contribution in [1.82, 2.24) is 10.2 Å². The highest BCUT2D eigenvalue weighted by atomic mass is 19.1. The molecule has 1 fully saturated rings. The Morgan fingerprint density at radius 1 is 1.79 bits per heavy atom. The van der Waals surface area contributed by atoms with E-state index in [0.717, 1.165) is 5.82 Å². The zero-order valence-corrected chi connectivity index (χ0v) is 8.07. The van der Waals surface area contributed by atoms with Crippen LogP contribution in [0.5, 0.6) is 0 Å². The fourth-order valence-electron chi connectivity index (χ4n) is 1.77. The molecule has 14 heavy (non-hydrogen) atoms. The first-order chi connectivity index (χ1) is 6.59. The van der Waals surface area contributed by atoms with Crippen molar-refractivity contribution in [2.24, 2.45) is 0 Å². The van der Waals surface area contributed by atoms with Crippen molar-refractivity contribution in [3.8, 4) is 0 Å². The molecule has 1 aliphatic heterocycles. The maximum absolute atomic E-state index is 13.3. The first-order valence-electron chi connectivity index (χ1n) is 4.70. The highest BCUT2D eigenvalue weighted by Crippen LogP contribution is 2.26. The molecule has 2 atom stereocenters. The lowest BCUT2D eigenvalue weighted by Gasteiger charge is -2.39. The number of rotatable bonds is 1. The standard InChI is InChI=1S/C9H14FN3O/c1-9(14)6-13(5-3-7(9)10)8-2-4-11-12-8/h2,4,7,14H,3,5-6H2,1H3,(H,11,12). The van der Waals surface area contributed by atoms with Gasteiger partial charge < -0.3 is 10.0 Å². The van der Waals surface area contributed by atoms with Crippen LogP contribution in [0.2, 0.25) is 0 Å². The van der Waals surface area contributed by atoms with Crippen LogP contribution in [0.1, 0.15) is 13.3 Å². The minimum atomic E-state index is -1.26. The lowest BCUT2D eigenvalue weighted by Crippen LogP contribution is -2.53. The average Bonchev–Trinajstić information content (AvgIpc) is 2.62. The van der Waals surface area contributed by atoms with E-state index in [2.05, 4.69) is 10.2 Å². The summed E-state index contributed by atoms with van der Waals surface area (Å²) in [4.78, 5) is 1.91. The molecule has 2 heterocycles. The van der Waals surface area contributed by atoms with E-state index in [-0.39, 0.29) is 0 Å². The number of β-amino-alcohol motifs (C(OH)–C–C–N with tert-alkyl or cyclic N) is 1. The maximum Gasteiger partial charge on any atom is 0.132 e. The topological polar surface area (TPSA) is 52.1 Å². The number of halogens is 1. The van der Waals surface area contributed by atoms with Crippen molar-refractivity contribution < 1.29 is 9.50 Å². The van der Waals surface area contributed by atoms with Crippen LogP contribution in [0.4, 0.5) is 10.2 Å². The fourth-order valence-corrected chi connectivity index (χ4v) is 1.77. The number of hydrogen-bond acceptors (Lipinski definition) is 3. The number of nitrogens with zero attached hydrogens (tertiary/aromatic N) is 2. The van der Waals surface area contributed by atoms with E-state index in [9.17, 15) is 9.50 Å². The van der Waals surface area contributed by atoms with Crippen molar-refractivity contribution in [3.63, 3.8) is 0 Å². The number of nitrogens with one attached hydrogen (secondary N) is 1. The molecular formula is C9H14FN3O. The van der Waals surface area contributed by atoms with Crippen molar-refractivity contribution in [3.05, 3.63) is 12.3 Å². The molecule has 1 saturated heterocycles. The molecule has 5 heteroatoms. The molecule has 0 bridgehead atoms. The van der Waals surface area contributed by atoms with Crippen LogP contribution in [0.3, 0.4) is 0 Å². The Hall–Kier alpha value is -1.10. The highest BCUT2D eigenvalue weighted by Gasteiger charge is 2.38. The number of piperidine rings is 1. The SMILES string of the molecule is CC1(O)CN(c2ccn[nH]2)CCC1F. The van der Waals surface area contributed by atoms with Gasteiger partial charge in [0.05, 0.1) is 12.7 Å². The van der Waals surface area contributed by atoms with Gasteiger partial charge >= 0.3 is 0 Å². The van der Waals surface area contributed by atoms with E-state index in [0.29, 0.717) is 19.5 Å². The zero-order valence-electron chi connectivity index (χ0n) is 8.07. The van der Waals surface area contributed by atoms with Crippen molar-refractivity contribution in [1.29, 1.82) is 0 Å². The lowest BCUT2D eigenvalue weighted by atomic mass is 9.93. The van der Waals surface area contributed by atoms with Crippen LogP contribution in [0.15, 0.2) is 12.3 Å². The third kappa shape index (κ3) is 1.59. The number of alkyl halides is 1. The molecule has 0 radical (unpaired) electrons. The van der Waals surface area contributed by atoms with Gasteiger partial charge in [-0.3, -0.25) is 5.10 Å². The predicted molar refractivity (Wildman–Crippen MR) is 50.9 cm³/mol. The Kier molecular flexibility index (Phi) is 2.19. The number of H-pyrrole nitrogens is 1. The van der Waals surface area contributed by atoms with Crippen LogP contribution < -0.4 is 4.90 Å². The molecule has 0 amide bonds. The Balaban J connectivity index is 2.11. The Morgan fingerprint density at radius 3 is 3.14 bits per heavy atom. The second kappa shape index (κ2) is 3.24. The van der Waals surface area contributed by atoms with E-state index in [1.54, 1.807) is 6.20 Å². The average molecular weight is 199 g/mol. The van der Waals surface area contributed by atoms with Gasteiger partial charge in [0.1, 0.15) is 17.6 Å². The highest BCUT2D eigenvalue weighted by molar-refractivity contribution is 5.38. The molecule has 1 aromatic heterocycles. The lowest BCUT2D eigenvalue weighted by molar-refractivity contribution is -0.0277. The summed E-state index contributed by atoms with van der Waals surface area (Å²) in [5.74, 6) is 0.831. The maximum atomic E-state index is 13.3. The second-order valence-electron chi connectivity index (χ2n) is 3.98. The summed E-state index contributed by atoms with van der Waals surface area (Å²) < 4.78 is 13.3. The largest absolute Gasteiger partial charge is 0.385 e. The van der Waals surface area contributed by atoms with Gasteiger partial charge in [-0.2, -0.15) is 5.10 Å². The summed E-state index contributed by atoms with van der Waals surface area (Å²) in [6.07, 6.45) is 0.860. The fraction of sp³-hybridized carbons (Fsp3) is 0.667. The van der Waals surface area contributed by atoms with Crippen molar-refractivity contribution >= 4 is 5.82 Å². The number of hydrogen-bond donors (Lipinski definition) is 2. The first-order valence-corrected chi connectivity index (χ1v) is 4.70. The summed E-state index contributed by atoms with van der Waals surface area (Å²) in [6.45, 7) is 2.44. The molecule has 4 nitrogen and oxygen atoms in total. The van der Waals surface area contributed by atoms with Crippen molar-refractivity contribution in [2.75, 3.05) is 18.0 Å². The summed E-state index contributed by atoms with van der Waals surface area (Å²) in [7, 11) is 0. The van der Waals surface area contributed by atoms with Crippen LogP contribution in [0, 0.1) is 0 Å². The normalized spacial score (nSPS) is 33.4. The van der Waals surface area contributed by atoms with Crippen molar-refractivity contribution in [2.45, 2.75) is 25.1 Å². The molecule has 0 saturated carbocycles. The number of anilines is 1. The molecule has 1 aliphatic rings. The molecule has 0 aliphatic carbocycles. The monoisotopic (exact) mass is 199 g/mol. The molecule has 2 unspecified atom stereocenters. The van der Waals surface area contributed by atoms with E-state index in [1.165, 1.54) is 6.92 Å². The quantitative estimate of drug-likeness (QED) is 0.700. The van der Waals surface area contributed by atoms with Gasteiger partial charge in [0.15, 0.2) is 0 Å². The summed E-state index contributed by atoms with van der Waals surface area (Å²) in [5, 5.41) is 16.4. The van der Waals surface area contributed by atoms with E-state index in [1.807, 2.05) is 11.0 Å². The molecule has 78 valence electrons. The van der Waals surface area contributed by atoms with Gasteiger partial charge in [-0.15, -0.1) is 0 Å². The van der Waals surface area contributed by atoms with Crippen LogP contribution >= 0.6 is 0 Å². The van der Waals surface area contributed by atoms with Gasteiger partial charge in [-0.25, -0.2) is 4.39 Å². The van der Waals surface area contributed by atoms with Gasteiger partial charge in [-0.1, -0.05) is 0 Å². The molecule has 0 aromatic carbocycles. The van der Waals surface area contributed by atoms with Crippen LogP contribution in [-0.2, 0) is 0 Å². The smallest absolute Gasteiger partial charge is 0.132 e. The Bertz CT molecular complexity index is 299. The minimum Gasteiger partial charge on any atom is -0.385 e. The summed E-state index contributed by atoms with van der Waals surface area (Å²) >= 11 is 0. The summed E-state index contributed by atoms with van der Waals surface area (Å²) in [6, 6.07) is 1.81. The third-order valence-corrected chi connectivity index (χ3v) is 2.66. The zero-order chi connectivity index (χ0) is 10.2. The van der Waals surface area contributed by atoms with Gasteiger partial charge in [0, 0.05) is 12.6 Å². The third-order valence-electron chi connectivity index (χ3n) is 2.66. The minimum absolute atomic E-state index is 0.302. The van der Waals surface area contributed by atoms with E-state index < -0.39 is 11.8 Å². The number of aliphatic hydroxyl groups is 1. The molecule has 2 N–H and O–H groups in total. The van der Waals surface area contributed by atoms with Gasteiger partial charge in [0.2, 0.25) is 0 Å². The predicted octanol–water partition coefficient (Wildman–Crippen LogP) is 0.709. The molecule has 1 aromatic rings. The Morgan fingerprint density at radius 2 is 2.57 bits per heavy atom. The second-order valence-corrected chi connectivity index (χ2v) is 3.98. The van der Waals surface area contributed by atoms with Gasteiger partial charge in [-0.05, 0) is 13.3 Å². The number of aromatic nitrogens is 2. The first kappa shape index (κ1) is 9.45. The van der Waals surface area contributed by atoms with E-state index >= 15 is 0 Å². The molecule has 0 spiro atoms. The van der Waals surface area contributed by atoms with Crippen LogP contribution in [-0.4, -0.2) is 40.2 Å². The summed E-state index contributed by atoms with van der Waals surface area (Å²) in [5.41, 5.74) is -1.26. The number of aromatic amines is 1. The van der Waals surface area contributed by atoms with Crippen LogP contribution in [0.25, 0.3) is 0 Å². The molecular weight excluding hydrogens is 185 g/mol. The van der Waals surface area contributed by atoms with Gasteiger partial charge in [0.25, 0.3) is 0 Å². The molecule has 2 rings (SSSR count). The Labute approximate surface area is 81.7 Å². The van der Waals surface area contributed by atoms with E-state index in [4.69, 9.17) is 0 Å².